The lowest BCUT2D eigenvalue weighted by Gasteiger charge is -2.19. The molecule has 0 heterocycles. The molecule has 1 aliphatic rings. The Morgan fingerprint density at radius 2 is 0.378 bits per heavy atom. The molecule has 0 spiro atoms. The van der Waals surface area contributed by atoms with Crippen molar-refractivity contribution >= 4 is 71.1 Å². The zero-order valence-corrected chi connectivity index (χ0v) is 75.8. The lowest BCUT2D eigenvalue weighted by atomic mass is 10.0. The smallest absolute Gasteiger partial charge is 0.305 e. The van der Waals surface area contributed by atoms with Gasteiger partial charge in [0.2, 0.25) is 47.3 Å². The maximum absolute atomic E-state index is 13.2. The van der Waals surface area contributed by atoms with Crippen LogP contribution in [0.1, 0.15) is 212 Å². The van der Waals surface area contributed by atoms with Crippen LogP contribution >= 0.6 is 0 Å². The van der Waals surface area contributed by atoms with Crippen molar-refractivity contribution in [2.75, 3.05) is 257 Å². The number of carbonyl (C=O) groups excluding carboxylic acids is 8. The van der Waals surface area contributed by atoms with Gasteiger partial charge in [-0.25, -0.2) is 0 Å². The van der Waals surface area contributed by atoms with Crippen LogP contribution in [0.3, 0.4) is 0 Å². The highest BCUT2D eigenvalue weighted by molar-refractivity contribution is 5.78. The van der Waals surface area contributed by atoms with E-state index < -0.39 is 35.4 Å². The number of nitrogens with one attached hydrogen (secondary N) is 8. The predicted octanol–water partition coefficient (Wildman–Crippen LogP) is 4.38. The first-order valence-electron chi connectivity index (χ1n) is 46.1. The van der Waals surface area contributed by atoms with Crippen LogP contribution in [0.15, 0.2) is 0 Å². The van der Waals surface area contributed by atoms with Crippen molar-refractivity contribution in [2.45, 2.75) is 218 Å². The second-order valence-electron chi connectivity index (χ2n) is 30.4. The van der Waals surface area contributed by atoms with Crippen LogP contribution in [0, 0.1) is 11.3 Å². The van der Waals surface area contributed by atoms with Crippen LogP contribution < -0.4 is 42.5 Å². The number of aliphatic carboxylic acids is 4. The SMILES string of the molecule is O=C(O)CCOCCOCCOCCNC(=O)CCCCCCCNC(=O)CCOCCC1C(OCCC(=O)NCCCCCCCC(=O)NCCOCCOCCOCCC(=O)O)C1(COCCC(=O)NCCCCCCCC(=O)NCCOCCOCCOCCC(=O)O)COCCC(=O)NCCCCCCCC(=O)NCCOCCOCCOCCC(=O)O. The Labute approximate surface area is 750 Å². The fourth-order valence-corrected chi connectivity index (χ4v) is 12.5. The molecule has 0 aromatic heterocycles. The van der Waals surface area contributed by atoms with E-state index in [0.29, 0.717) is 217 Å². The molecular weight excluding hydrogens is 1670 g/mol. The van der Waals surface area contributed by atoms with Crippen LogP contribution in [0.2, 0.25) is 0 Å². The van der Waals surface area contributed by atoms with Gasteiger partial charge >= 0.3 is 23.9 Å². The van der Waals surface area contributed by atoms with Crippen molar-refractivity contribution in [3.05, 3.63) is 0 Å². The van der Waals surface area contributed by atoms with Gasteiger partial charge in [-0.1, -0.05) is 77.0 Å². The van der Waals surface area contributed by atoms with Crippen molar-refractivity contribution in [3.63, 3.8) is 0 Å². The predicted molar refractivity (Wildman–Crippen MR) is 465 cm³/mol. The molecular formula is C87H158N8O32. The summed E-state index contributed by atoms with van der Waals surface area (Å²) >= 11 is 0. The first kappa shape index (κ1) is 118. The number of ether oxygens (including phenoxy) is 16. The van der Waals surface area contributed by atoms with Gasteiger partial charge in [0.15, 0.2) is 0 Å². The number of amides is 8. The molecule has 1 aliphatic carbocycles. The summed E-state index contributed by atoms with van der Waals surface area (Å²) in [5, 5.41) is 58.0. The second kappa shape index (κ2) is 88.3. The van der Waals surface area contributed by atoms with E-state index in [4.69, 9.17) is 96.2 Å². The summed E-state index contributed by atoms with van der Waals surface area (Å²) in [6, 6.07) is 0. The van der Waals surface area contributed by atoms with E-state index in [1.165, 1.54) is 0 Å². The minimum atomic E-state index is -0.920. The molecule has 1 rings (SSSR count). The minimum absolute atomic E-state index is 0.0468. The number of hydrogen-bond acceptors (Lipinski definition) is 28. The van der Waals surface area contributed by atoms with E-state index in [2.05, 4.69) is 42.5 Å². The summed E-state index contributed by atoms with van der Waals surface area (Å²) in [6.07, 6.45) is 18.3. The second-order valence-corrected chi connectivity index (χ2v) is 30.4. The van der Waals surface area contributed by atoms with Gasteiger partial charge in [0.25, 0.3) is 0 Å². The van der Waals surface area contributed by atoms with E-state index >= 15 is 0 Å². The van der Waals surface area contributed by atoms with Crippen LogP contribution in [0.5, 0.6) is 0 Å². The Balaban J connectivity index is 2.82. The Hall–Kier alpha value is -7.00. The molecule has 0 saturated heterocycles. The average Bonchev–Trinajstić information content (AvgIpc) is 1.56. The maximum atomic E-state index is 13.2. The number of carboxylic acids is 4. The van der Waals surface area contributed by atoms with E-state index in [-0.39, 0.29) is 177 Å². The summed E-state index contributed by atoms with van der Waals surface area (Å²) in [7, 11) is 0. The lowest BCUT2D eigenvalue weighted by Crippen LogP contribution is -2.29. The third-order valence-corrected chi connectivity index (χ3v) is 19.6. The standard InChI is InChI=1S/C87H158N8O32/c96-74(92-38-51-117-59-67-121-63-55-113-46-30-82(104)105)21-13-5-1-9-17-34-88-78(100)26-43-112-42-25-73-86(127-50-29-81(103)91-37-20-12-4-8-16-24-77(99)95-41-54-120-62-70-124-66-58-116-49-33-85(110)111)87(73,71-125-44-27-79(101)89-35-18-10-2-6-14-22-75(97)93-39-52-118-60-68-122-64-56-114-47-31-83(106)107)72-126-45-28-80(102)90-36-19-11-3-7-15-23-76(98)94-40-53-119-61-69-123-65-57-115-48-32-84(108)109/h73,86H,1-72H2,(H,88,100)(H,89,101)(H,90,102)(H,91,103)(H,92,96)(H,93,97)(H,94,98)(H,95,99)(H,104,105)(H,106,107)(H,108,109)(H,110,111). The molecule has 2 atom stereocenters. The van der Waals surface area contributed by atoms with Gasteiger partial charge in [-0.3, -0.25) is 57.5 Å². The fraction of sp³-hybridized carbons (Fsp3) is 0.862. The minimum Gasteiger partial charge on any atom is -0.481 e. The molecule has 40 heteroatoms. The van der Waals surface area contributed by atoms with E-state index in [1.54, 1.807) is 0 Å². The summed E-state index contributed by atoms with van der Waals surface area (Å²) in [6.45, 7) is 11.7. The molecule has 12 N–H and O–H groups in total. The zero-order valence-electron chi connectivity index (χ0n) is 75.8. The van der Waals surface area contributed by atoms with Crippen LogP contribution in [0.25, 0.3) is 0 Å². The lowest BCUT2D eigenvalue weighted by molar-refractivity contribution is -0.139. The summed E-state index contributed by atoms with van der Waals surface area (Å²) < 4.78 is 89.4. The first-order valence-corrected chi connectivity index (χ1v) is 46.1. The largest absolute Gasteiger partial charge is 0.481 e. The molecule has 0 aliphatic heterocycles. The quantitative estimate of drug-likeness (QED) is 0.0376. The van der Waals surface area contributed by atoms with Crippen LogP contribution in [-0.2, 0) is 133 Å². The number of carbonyl (C=O) groups is 12. The van der Waals surface area contributed by atoms with Crippen molar-refractivity contribution < 1.29 is 154 Å². The molecule has 738 valence electrons. The van der Waals surface area contributed by atoms with Gasteiger partial charge in [0.05, 0.1) is 230 Å². The highest BCUT2D eigenvalue weighted by atomic mass is 16.6. The maximum Gasteiger partial charge on any atom is 0.305 e. The Morgan fingerprint density at radius 1 is 0.189 bits per heavy atom. The van der Waals surface area contributed by atoms with Crippen molar-refractivity contribution in [1.82, 2.24) is 42.5 Å². The number of hydrogen-bond donors (Lipinski definition) is 12. The van der Waals surface area contributed by atoms with E-state index in [9.17, 15) is 57.5 Å². The average molecular weight is 1830 g/mol. The third-order valence-electron chi connectivity index (χ3n) is 19.6. The van der Waals surface area contributed by atoms with Gasteiger partial charge < -0.3 is 139 Å². The molecule has 0 bridgehead atoms. The molecule has 1 saturated carbocycles. The van der Waals surface area contributed by atoms with Gasteiger partial charge in [-0.05, 0) is 57.8 Å². The topological polar surface area (TPSA) is 530 Å². The Kier molecular flexibility index (Phi) is 82.0. The molecule has 8 amide bonds. The zero-order chi connectivity index (χ0) is 92.5. The fourth-order valence-electron chi connectivity index (χ4n) is 12.5. The Morgan fingerprint density at radius 3 is 0.638 bits per heavy atom. The summed E-state index contributed by atoms with van der Waals surface area (Å²) in [5.41, 5.74) is -0.738. The van der Waals surface area contributed by atoms with Gasteiger partial charge in [-0.15, -0.1) is 0 Å². The Bertz CT molecular complexity index is 2700. The molecule has 40 nitrogen and oxygen atoms in total. The molecule has 1 fully saturated rings. The van der Waals surface area contributed by atoms with Gasteiger partial charge in [0.1, 0.15) is 0 Å². The molecule has 127 heavy (non-hydrogen) atoms. The van der Waals surface area contributed by atoms with Gasteiger partial charge in [0, 0.05) is 122 Å². The molecule has 2 unspecified atom stereocenters. The van der Waals surface area contributed by atoms with Gasteiger partial charge in [-0.2, -0.15) is 0 Å². The van der Waals surface area contributed by atoms with Crippen molar-refractivity contribution in [3.8, 4) is 0 Å². The summed E-state index contributed by atoms with van der Waals surface area (Å²) in [5.74, 6) is -4.74. The van der Waals surface area contributed by atoms with Crippen LogP contribution in [-0.4, -0.2) is 355 Å². The normalized spacial score (nSPS) is 13.2. The molecule has 0 aromatic carbocycles. The number of unbranched alkanes of at least 4 members (excludes halogenated alkanes) is 16. The highest BCUT2D eigenvalue weighted by Crippen LogP contribution is 2.57. The number of rotatable bonds is 100. The third kappa shape index (κ3) is 81.9. The highest BCUT2D eigenvalue weighted by Gasteiger charge is 2.65. The monoisotopic (exact) mass is 1830 g/mol. The number of carboxylic acid groups (broad SMARTS) is 4. The van der Waals surface area contributed by atoms with Crippen LogP contribution in [0.4, 0.5) is 0 Å². The van der Waals surface area contributed by atoms with Crippen molar-refractivity contribution in [2.24, 2.45) is 11.3 Å². The summed E-state index contributed by atoms with van der Waals surface area (Å²) in [4.78, 5) is 144. The van der Waals surface area contributed by atoms with E-state index in [0.717, 1.165) is 128 Å². The molecule has 0 aromatic rings. The first-order chi connectivity index (χ1) is 61.8. The molecule has 0 radical (unpaired) electrons. The van der Waals surface area contributed by atoms with Crippen molar-refractivity contribution in [1.29, 1.82) is 0 Å². The van der Waals surface area contributed by atoms with E-state index in [1.807, 2.05) is 0 Å².